The standard InChI is InChI=1S/C28H38O5/c1-14-12-21(32-25(31)15(14)2)16(3)18-6-7-19-17-13-24-28(33-24)23(30)9-8-22(29)27(28,5)20(17)10-11-26(18,19)4/h8-9,16-21,23-24,30H,6-7,10-13H2,1-5H3/t16-,17+,18-,19+,20+,21-,23+,24-,26-,27+,28+/m1/s1. The molecule has 4 aliphatic carbocycles. The summed E-state index contributed by atoms with van der Waals surface area (Å²) in [6.07, 6.45) is 8.75. The number of esters is 1. The van der Waals surface area contributed by atoms with Crippen LogP contribution in [0.4, 0.5) is 0 Å². The number of hydrogen-bond acceptors (Lipinski definition) is 5. The quantitative estimate of drug-likeness (QED) is 0.495. The molecule has 180 valence electrons. The van der Waals surface area contributed by atoms with E-state index in [2.05, 4.69) is 27.7 Å². The normalized spacial score (nSPS) is 53.6. The number of ketones is 1. The lowest BCUT2D eigenvalue weighted by Crippen LogP contribution is -2.63. The summed E-state index contributed by atoms with van der Waals surface area (Å²) in [6, 6.07) is 0. The number of aliphatic hydroxyl groups excluding tert-OH is 1. The molecular weight excluding hydrogens is 416 g/mol. The molecule has 5 heteroatoms. The van der Waals surface area contributed by atoms with Crippen LogP contribution in [0.1, 0.15) is 73.1 Å². The first-order valence-electron chi connectivity index (χ1n) is 13.0. The van der Waals surface area contributed by atoms with Crippen molar-refractivity contribution >= 4 is 11.8 Å². The zero-order valence-corrected chi connectivity index (χ0v) is 20.6. The fraction of sp³-hybridized carbons (Fsp3) is 0.786. The first-order valence-corrected chi connectivity index (χ1v) is 13.0. The van der Waals surface area contributed by atoms with Gasteiger partial charge in [-0.2, -0.15) is 0 Å². The Morgan fingerprint density at radius 3 is 2.61 bits per heavy atom. The van der Waals surface area contributed by atoms with Gasteiger partial charge in [-0.05, 0) is 100 Å². The first-order chi connectivity index (χ1) is 15.6. The molecule has 2 heterocycles. The number of aliphatic hydroxyl groups is 1. The van der Waals surface area contributed by atoms with Gasteiger partial charge in [-0.3, -0.25) is 4.79 Å². The Kier molecular flexibility index (Phi) is 4.55. The van der Waals surface area contributed by atoms with E-state index < -0.39 is 17.1 Å². The van der Waals surface area contributed by atoms with Crippen molar-refractivity contribution in [3.8, 4) is 0 Å². The molecule has 0 aromatic carbocycles. The third kappa shape index (κ3) is 2.56. The minimum absolute atomic E-state index is 0.0125. The average molecular weight is 455 g/mol. The number of rotatable bonds is 2. The third-order valence-corrected chi connectivity index (χ3v) is 11.6. The highest BCUT2D eigenvalue weighted by atomic mass is 16.6. The summed E-state index contributed by atoms with van der Waals surface area (Å²) in [5.74, 6) is 2.09. The van der Waals surface area contributed by atoms with E-state index in [1.54, 1.807) is 12.2 Å². The fourth-order valence-electron chi connectivity index (χ4n) is 9.54. The lowest BCUT2D eigenvalue weighted by molar-refractivity contribution is -0.155. The molecule has 0 radical (unpaired) electrons. The van der Waals surface area contributed by atoms with Gasteiger partial charge in [0.1, 0.15) is 17.8 Å². The number of carbonyl (C=O) groups is 2. The Labute approximate surface area is 197 Å². The summed E-state index contributed by atoms with van der Waals surface area (Å²) in [5.41, 5.74) is 0.798. The van der Waals surface area contributed by atoms with Crippen LogP contribution in [-0.2, 0) is 19.1 Å². The van der Waals surface area contributed by atoms with E-state index >= 15 is 0 Å². The topological polar surface area (TPSA) is 76.1 Å². The Bertz CT molecular complexity index is 981. The summed E-state index contributed by atoms with van der Waals surface area (Å²) in [4.78, 5) is 25.7. The van der Waals surface area contributed by atoms with Gasteiger partial charge >= 0.3 is 5.97 Å². The molecule has 6 aliphatic rings. The van der Waals surface area contributed by atoms with Crippen LogP contribution < -0.4 is 0 Å². The van der Waals surface area contributed by atoms with E-state index in [4.69, 9.17) is 9.47 Å². The molecule has 5 nitrogen and oxygen atoms in total. The second kappa shape index (κ2) is 6.81. The van der Waals surface area contributed by atoms with Crippen molar-refractivity contribution in [2.24, 2.45) is 40.4 Å². The zero-order valence-electron chi connectivity index (χ0n) is 20.6. The average Bonchev–Trinajstić information content (AvgIpc) is 3.41. The summed E-state index contributed by atoms with van der Waals surface area (Å²) in [7, 11) is 0. The molecule has 11 atom stereocenters. The molecule has 1 spiro atoms. The number of fused-ring (bicyclic) bond motifs is 4. The molecule has 1 saturated heterocycles. The highest BCUT2D eigenvalue weighted by Crippen LogP contribution is 2.73. The maximum absolute atomic E-state index is 13.3. The number of epoxide rings is 1. The van der Waals surface area contributed by atoms with Crippen LogP contribution in [0.5, 0.6) is 0 Å². The molecule has 3 saturated carbocycles. The maximum Gasteiger partial charge on any atom is 0.333 e. The number of cyclic esters (lactones) is 1. The summed E-state index contributed by atoms with van der Waals surface area (Å²) >= 11 is 0. The second-order valence-corrected chi connectivity index (χ2v) is 12.5. The number of allylic oxidation sites excluding steroid dienone is 1. The lowest BCUT2D eigenvalue weighted by Gasteiger charge is -2.58. The lowest BCUT2D eigenvalue weighted by atomic mass is 9.44. The molecular formula is C28H38O5. The van der Waals surface area contributed by atoms with Crippen molar-refractivity contribution < 1.29 is 24.2 Å². The molecule has 0 aromatic heterocycles. The van der Waals surface area contributed by atoms with Crippen molar-refractivity contribution in [2.45, 2.75) is 97.1 Å². The summed E-state index contributed by atoms with van der Waals surface area (Å²) in [5, 5.41) is 10.8. The number of hydrogen-bond donors (Lipinski definition) is 1. The van der Waals surface area contributed by atoms with E-state index in [1.807, 2.05) is 6.92 Å². The minimum atomic E-state index is -0.697. The van der Waals surface area contributed by atoms with Gasteiger partial charge in [0.25, 0.3) is 0 Å². The monoisotopic (exact) mass is 454 g/mol. The fourth-order valence-corrected chi connectivity index (χ4v) is 9.54. The summed E-state index contributed by atoms with van der Waals surface area (Å²) in [6.45, 7) is 10.8. The van der Waals surface area contributed by atoms with E-state index in [9.17, 15) is 14.7 Å². The molecule has 6 rings (SSSR count). The van der Waals surface area contributed by atoms with Crippen LogP contribution in [-0.4, -0.2) is 40.8 Å². The van der Waals surface area contributed by atoms with E-state index in [0.717, 1.165) is 43.3 Å². The Balaban J connectivity index is 1.28. The van der Waals surface area contributed by atoms with Crippen molar-refractivity contribution in [3.05, 3.63) is 23.3 Å². The van der Waals surface area contributed by atoms with Crippen molar-refractivity contribution in [1.82, 2.24) is 0 Å². The summed E-state index contributed by atoms with van der Waals surface area (Å²) < 4.78 is 12.2. The van der Waals surface area contributed by atoms with Crippen LogP contribution in [0.2, 0.25) is 0 Å². The SMILES string of the molecule is CC1=C(C)C(=O)O[C@@H]([C@H](C)[C@H]2CC[C@H]3[C@@H]4C[C@H]5O[C@@]56[C@@H](O)C=CC(=O)[C@]6(C)[C@H]4CC[C@]23C)C1. The van der Waals surface area contributed by atoms with Crippen molar-refractivity contribution in [2.75, 3.05) is 0 Å². The van der Waals surface area contributed by atoms with Gasteiger partial charge in [-0.15, -0.1) is 0 Å². The Morgan fingerprint density at radius 1 is 1.12 bits per heavy atom. The van der Waals surface area contributed by atoms with E-state index in [0.29, 0.717) is 23.7 Å². The van der Waals surface area contributed by atoms with Crippen molar-refractivity contribution in [3.63, 3.8) is 0 Å². The third-order valence-electron chi connectivity index (χ3n) is 11.6. The molecule has 0 amide bonds. The van der Waals surface area contributed by atoms with Gasteiger partial charge in [0, 0.05) is 12.0 Å². The van der Waals surface area contributed by atoms with Gasteiger partial charge in [0.05, 0.1) is 11.5 Å². The number of carbonyl (C=O) groups excluding carboxylic acids is 2. The van der Waals surface area contributed by atoms with Crippen LogP contribution in [0.25, 0.3) is 0 Å². The molecule has 2 aliphatic heterocycles. The van der Waals surface area contributed by atoms with Crippen LogP contribution in [0, 0.1) is 40.4 Å². The molecule has 0 bridgehead atoms. The van der Waals surface area contributed by atoms with Gasteiger partial charge in [0.15, 0.2) is 5.78 Å². The molecule has 0 aromatic rings. The van der Waals surface area contributed by atoms with Gasteiger partial charge in [0.2, 0.25) is 0 Å². The van der Waals surface area contributed by atoms with Crippen LogP contribution >= 0.6 is 0 Å². The molecule has 0 unspecified atom stereocenters. The van der Waals surface area contributed by atoms with Crippen molar-refractivity contribution in [1.29, 1.82) is 0 Å². The Morgan fingerprint density at radius 2 is 1.88 bits per heavy atom. The smallest absolute Gasteiger partial charge is 0.333 e. The molecule has 4 fully saturated rings. The second-order valence-electron chi connectivity index (χ2n) is 12.5. The molecule has 33 heavy (non-hydrogen) atoms. The van der Waals surface area contributed by atoms with Crippen LogP contribution in [0.15, 0.2) is 23.3 Å². The zero-order chi connectivity index (χ0) is 23.5. The predicted octanol–water partition coefficient (Wildman–Crippen LogP) is 4.38. The predicted molar refractivity (Wildman–Crippen MR) is 123 cm³/mol. The largest absolute Gasteiger partial charge is 0.458 e. The van der Waals surface area contributed by atoms with Gasteiger partial charge < -0.3 is 14.6 Å². The first kappa shape index (κ1) is 22.0. The minimum Gasteiger partial charge on any atom is -0.458 e. The molecule has 1 N–H and O–H groups in total. The highest BCUT2D eigenvalue weighted by Gasteiger charge is 2.80. The van der Waals surface area contributed by atoms with E-state index in [-0.39, 0.29) is 35.3 Å². The number of ether oxygens (including phenoxy) is 2. The highest BCUT2D eigenvalue weighted by molar-refractivity contribution is 5.98. The van der Waals surface area contributed by atoms with Gasteiger partial charge in [-0.1, -0.05) is 19.4 Å². The van der Waals surface area contributed by atoms with Gasteiger partial charge in [-0.25, -0.2) is 4.79 Å². The van der Waals surface area contributed by atoms with Crippen LogP contribution in [0.3, 0.4) is 0 Å². The van der Waals surface area contributed by atoms with E-state index in [1.165, 1.54) is 6.42 Å². The maximum atomic E-state index is 13.3. The Hall–Kier alpha value is -1.46.